The van der Waals surface area contributed by atoms with E-state index in [9.17, 15) is 0 Å². The standard InChI is InChI=1S/C11H11N3O/c1-8-13-6-9(7-14-8)11-10(15-2)4-3-5-12-11/h3-7H,1-2H3. The maximum atomic E-state index is 5.21. The van der Waals surface area contributed by atoms with Gasteiger partial charge in [0.05, 0.1) is 7.11 Å². The summed E-state index contributed by atoms with van der Waals surface area (Å²) in [5.74, 6) is 1.47. The van der Waals surface area contributed by atoms with Crippen LogP contribution in [-0.2, 0) is 0 Å². The number of aromatic nitrogens is 3. The van der Waals surface area contributed by atoms with Crippen molar-refractivity contribution >= 4 is 0 Å². The molecular formula is C11H11N3O. The molecule has 0 bridgehead atoms. The lowest BCUT2D eigenvalue weighted by atomic mass is 10.2. The Labute approximate surface area is 88.0 Å². The van der Waals surface area contributed by atoms with Crippen LogP contribution in [0.25, 0.3) is 11.3 Å². The lowest BCUT2D eigenvalue weighted by Gasteiger charge is -2.05. The number of hydrogen-bond acceptors (Lipinski definition) is 4. The molecule has 0 fully saturated rings. The van der Waals surface area contributed by atoms with Gasteiger partial charge in [0.1, 0.15) is 17.3 Å². The zero-order chi connectivity index (χ0) is 10.7. The minimum Gasteiger partial charge on any atom is -0.494 e. The van der Waals surface area contributed by atoms with Gasteiger partial charge < -0.3 is 4.74 Å². The van der Waals surface area contributed by atoms with Crippen molar-refractivity contribution in [1.29, 1.82) is 0 Å². The summed E-state index contributed by atoms with van der Waals surface area (Å²) >= 11 is 0. The quantitative estimate of drug-likeness (QED) is 0.744. The summed E-state index contributed by atoms with van der Waals surface area (Å²) in [6.45, 7) is 1.85. The van der Waals surface area contributed by atoms with Crippen LogP contribution in [0.3, 0.4) is 0 Å². The van der Waals surface area contributed by atoms with Crippen molar-refractivity contribution in [2.45, 2.75) is 6.92 Å². The number of aryl methyl sites for hydroxylation is 1. The van der Waals surface area contributed by atoms with Crippen LogP contribution >= 0.6 is 0 Å². The van der Waals surface area contributed by atoms with Gasteiger partial charge in [-0.05, 0) is 19.1 Å². The van der Waals surface area contributed by atoms with Crippen molar-refractivity contribution in [2.24, 2.45) is 0 Å². The molecule has 0 aliphatic rings. The highest BCUT2D eigenvalue weighted by molar-refractivity contribution is 5.64. The SMILES string of the molecule is COc1cccnc1-c1cnc(C)nc1. The van der Waals surface area contributed by atoms with Crippen LogP contribution in [0.4, 0.5) is 0 Å². The van der Waals surface area contributed by atoms with E-state index in [4.69, 9.17) is 4.74 Å². The van der Waals surface area contributed by atoms with E-state index in [1.54, 1.807) is 25.7 Å². The second-order valence-corrected chi connectivity index (χ2v) is 3.07. The third-order valence-electron chi connectivity index (χ3n) is 2.04. The molecule has 0 aromatic carbocycles. The summed E-state index contributed by atoms with van der Waals surface area (Å²) in [5.41, 5.74) is 1.62. The highest BCUT2D eigenvalue weighted by atomic mass is 16.5. The van der Waals surface area contributed by atoms with Gasteiger partial charge in [-0.3, -0.25) is 4.98 Å². The van der Waals surface area contributed by atoms with Crippen LogP contribution in [0.1, 0.15) is 5.82 Å². The first-order valence-corrected chi connectivity index (χ1v) is 4.59. The first-order chi connectivity index (χ1) is 7.31. The van der Waals surface area contributed by atoms with Gasteiger partial charge in [0, 0.05) is 24.2 Å². The van der Waals surface area contributed by atoms with Crippen LogP contribution in [0.2, 0.25) is 0 Å². The fourth-order valence-corrected chi connectivity index (χ4v) is 1.29. The summed E-state index contributed by atoms with van der Waals surface area (Å²) in [4.78, 5) is 12.5. The molecule has 0 saturated carbocycles. The van der Waals surface area contributed by atoms with Crippen molar-refractivity contribution < 1.29 is 4.74 Å². The lowest BCUT2D eigenvalue weighted by Crippen LogP contribution is -1.93. The Morgan fingerprint density at radius 1 is 1.13 bits per heavy atom. The molecule has 0 N–H and O–H groups in total. The van der Waals surface area contributed by atoms with Crippen molar-refractivity contribution in [3.8, 4) is 17.0 Å². The Balaban J connectivity index is 2.49. The predicted molar refractivity (Wildman–Crippen MR) is 56.6 cm³/mol. The molecule has 0 atom stereocenters. The van der Waals surface area contributed by atoms with Crippen molar-refractivity contribution in [2.75, 3.05) is 7.11 Å². The van der Waals surface area contributed by atoms with Crippen molar-refractivity contribution in [3.63, 3.8) is 0 Å². The number of hydrogen-bond donors (Lipinski definition) is 0. The van der Waals surface area contributed by atoms with E-state index >= 15 is 0 Å². The van der Waals surface area contributed by atoms with Gasteiger partial charge in [-0.2, -0.15) is 0 Å². The first kappa shape index (κ1) is 9.58. The largest absolute Gasteiger partial charge is 0.494 e. The monoisotopic (exact) mass is 201 g/mol. The maximum Gasteiger partial charge on any atom is 0.145 e. The average molecular weight is 201 g/mol. The van der Waals surface area contributed by atoms with Gasteiger partial charge in [-0.25, -0.2) is 9.97 Å². The zero-order valence-corrected chi connectivity index (χ0v) is 8.64. The van der Waals surface area contributed by atoms with Crippen molar-refractivity contribution in [1.82, 2.24) is 15.0 Å². The van der Waals surface area contributed by atoms with E-state index in [-0.39, 0.29) is 0 Å². The molecule has 2 aromatic rings. The molecule has 0 amide bonds. The predicted octanol–water partition coefficient (Wildman–Crippen LogP) is 1.86. The van der Waals surface area contributed by atoms with Crippen LogP contribution < -0.4 is 4.74 Å². The molecular weight excluding hydrogens is 190 g/mol. The van der Waals surface area contributed by atoms with Gasteiger partial charge in [-0.15, -0.1) is 0 Å². The Kier molecular flexibility index (Phi) is 2.58. The van der Waals surface area contributed by atoms with E-state index in [0.717, 1.165) is 22.8 Å². The number of methoxy groups -OCH3 is 1. The molecule has 2 heterocycles. The third kappa shape index (κ3) is 1.93. The van der Waals surface area contributed by atoms with Crippen LogP contribution in [0, 0.1) is 6.92 Å². The molecule has 15 heavy (non-hydrogen) atoms. The zero-order valence-electron chi connectivity index (χ0n) is 8.64. The average Bonchev–Trinajstić information content (AvgIpc) is 2.30. The Bertz CT molecular complexity index is 454. The van der Waals surface area contributed by atoms with E-state index < -0.39 is 0 Å². The second kappa shape index (κ2) is 4.04. The van der Waals surface area contributed by atoms with E-state index in [2.05, 4.69) is 15.0 Å². The fourth-order valence-electron chi connectivity index (χ4n) is 1.29. The van der Waals surface area contributed by atoms with Gasteiger partial charge in [0.25, 0.3) is 0 Å². The lowest BCUT2D eigenvalue weighted by molar-refractivity contribution is 0.415. The molecule has 2 aromatic heterocycles. The third-order valence-corrected chi connectivity index (χ3v) is 2.04. The van der Waals surface area contributed by atoms with Gasteiger partial charge in [0.15, 0.2) is 0 Å². The summed E-state index contributed by atoms with van der Waals surface area (Å²) in [6.07, 6.45) is 5.21. The Morgan fingerprint density at radius 3 is 2.53 bits per heavy atom. The van der Waals surface area contributed by atoms with E-state index in [1.807, 2.05) is 19.1 Å². The molecule has 4 nitrogen and oxygen atoms in total. The number of pyridine rings is 1. The Morgan fingerprint density at radius 2 is 1.87 bits per heavy atom. The van der Waals surface area contributed by atoms with E-state index in [1.165, 1.54) is 0 Å². The van der Waals surface area contributed by atoms with E-state index in [0.29, 0.717) is 0 Å². The molecule has 0 saturated heterocycles. The molecule has 76 valence electrons. The summed E-state index contributed by atoms with van der Waals surface area (Å²) in [5, 5.41) is 0. The summed E-state index contributed by atoms with van der Waals surface area (Å²) in [7, 11) is 1.62. The van der Waals surface area contributed by atoms with Gasteiger partial charge in [0.2, 0.25) is 0 Å². The number of rotatable bonds is 2. The first-order valence-electron chi connectivity index (χ1n) is 4.59. The second-order valence-electron chi connectivity index (χ2n) is 3.07. The maximum absolute atomic E-state index is 5.21. The molecule has 0 radical (unpaired) electrons. The molecule has 4 heteroatoms. The molecule has 2 rings (SSSR count). The molecule has 0 spiro atoms. The van der Waals surface area contributed by atoms with Crippen LogP contribution in [0.15, 0.2) is 30.7 Å². The van der Waals surface area contributed by atoms with Crippen LogP contribution in [0.5, 0.6) is 5.75 Å². The van der Waals surface area contributed by atoms with Gasteiger partial charge >= 0.3 is 0 Å². The fraction of sp³-hybridized carbons (Fsp3) is 0.182. The number of ether oxygens (including phenoxy) is 1. The normalized spacial score (nSPS) is 10.0. The summed E-state index contributed by atoms with van der Waals surface area (Å²) < 4.78 is 5.21. The summed E-state index contributed by atoms with van der Waals surface area (Å²) in [6, 6.07) is 3.69. The Hall–Kier alpha value is -1.97. The molecule has 0 aliphatic carbocycles. The highest BCUT2D eigenvalue weighted by Gasteiger charge is 2.06. The smallest absolute Gasteiger partial charge is 0.145 e. The molecule has 0 aliphatic heterocycles. The van der Waals surface area contributed by atoms with Crippen LogP contribution in [-0.4, -0.2) is 22.1 Å². The molecule has 0 unspecified atom stereocenters. The minimum absolute atomic E-state index is 0.727. The minimum atomic E-state index is 0.727. The highest BCUT2D eigenvalue weighted by Crippen LogP contribution is 2.25. The topological polar surface area (TPSA) is 47.9 Å². The van der Waals surface area contributed by atoms with Crippen molar-refractivity contribution in [3.05, 3.63) is 36.5 Å². The van der Waals surface area contributed by atoms with Gasteiger partial charge in [-0.1, -0.05) is 0 Å². The number of nitrogens with zero attached hydrogens (tertiary/aromatic N) is 3.